The van der Waals surface area contributed by atoms with Crippen molar-refractivity contribution in [1.29, 1.82) is 0 Å². The first-order valence-electron chi connectivity index (χ1n) is 7.70. The molecule has 0 aliphatic carbocycles. The first kappa shape index (κ1) is 21.5. The highest BCUT2D eigenvalue weighted by atomic mass is 16.1. The van der Waals surface area contributed by atoms with Crippen LogP contribution in [0, 0.1) is 0 Å². The highest BCUT2D eigenvalue weighted by Crippen LogP contribution is 1.96. The maximum absolute atomic E-state index is 11.0. The van der Waals surface area contributed by atoms with Crippen LogP contribution in [0.1, 0.15) is 47.5 Å². The van der Waals surface area contributed by atoms with E-state index in [9.17, 15) is 4.79 Å². The average Bonchev–Trinajstić information content (AvgIpc) is 2.53. The molecule has 21 heavy (non-hydrogen) atoms. The molecule has 0 unspecified atom stereocenters. The molecule has 1 rings (SSSR count). The van der Waals surface area contributed by atoms with Gasteiger partial charge in [0.2, 0.25) is 5.91 Å². The zero-order valence-corrected chi connectivity index (χ0v) is 14.3. The van der Waals surface area contributed by atoms with Crippen LogP contribution in [0.15, 0.2) is 37.4 Å². The number of benzene rings is 1. The monoisotopic (exact) mass is 289 g/mol. The van der Waals surface area contributed by atoms with Crippen LogP contribution < -0.4 is 15.8 Å². The van der Waals surface area contributed by atoms with E-state index in [1.807, 2.05) is 19.9 Å². The Balaban J connectivity index is 0. The number of rotatable bonds is 4. The van der Waals surface area contributed by atoms with Crippen LogP contribution in [0.25, 0.3) is 11.6 Å². The molecule has 0 aliphatic rings. The van der Waals surface area contributed by atoms with E-state index >= 15 is 0 Å². The van der Waals surface area contributed by atoms with Crippen LogP contribution >= 0.6 is 0 Å². The van der Waals surface area contributed by atoms with Gasteiger partial charge in [-0.05, 0) is 28.9 Å². The van der Waals surface area contributed by atoms with E-state index in [-0.39, 0.29) is 5.91 Å². The van der Waals surface area contributed by atoms with E-state index in [1.54, 1.807) is 6.92 Å². The molecule has 1 amide bonds. The Morgan fingerprint density at radius 3 is 2.24 bits per heavy atom. The molecule has 1 N–H and O–H groups in total. The van der Waals surface area contributed by atoms with Gasteiger partial charge in [-0.1, -0.05) is 58.0 Å². The number of hydrogen-bond donors (Lipinski definition) is 1. The summed E-state index contributed by atoms with van der Waals surface area (Å²) in [6.45, 7) is 16.5. The van der Waals surface area contributed by atoms with Crippen LogP contribution in [-0.2, 0) is 4.79 Å². The van der Waals surface area contributed by atoms with Crippen LogP contribution in [0.5, 0.6) is 0 Å². The third kappa shape index (κ3) is 8.85. The van der Waals surface area contributed by atoms with Gasteiger partial charge >= 0.3 is 0 Å². The van der Waals surface area contributed by atoms with Crippen molar-refractivity contribution in [1.82, 2.24) is 5.32 Å². The summed E-state index contributed by atoms with van der Waals surface area (Å²) in [4.78, 5) is 11.0. The molecule has 0 atom stereocenters. The normalized spacial score (nSPS) is 11.4. The molecule has 2 nitrogen and oxygen atoms in total. The van der Waals surface area contributed by atoms with Crippen LogP contribution in [0.3, 0.4) is 0 Å². The minimum absolute atomic E-state index is 0.0212. The molecule has 0 bridgehead atoms. The molecule has 0 aromatic heterocycles. The Morgan fingerprint density at radius 1 is 1.19 bits per heavy atom. The van der Waals surface area contributed by atoms with E-state index in [4.69, 9.17) is 0 Å². The summed E-state index contributed by atoms with van der Waals surface area (Å²) < 4.78 is 0. The summed E-state index contributed by atoms with van der Waals surface area (Å²) in [6.07, 6.45) is 4.20. The molecular formula is C19H31NO. The molecule has 0 saturated carbocycles. The van der Waals surface area contributed by atoms with Gasteiger partial charge in [0.1, 0.15) is 0 Å². The minimum atomic E-state index is 0.0212. The van der Waals surface area contributed by atoms with E-state index in [1.165, 1.54) is 16.0 Å². The molecular weight excluding hydrogens is 258 g/mol. The number of hydrogen-bond acceptors (Lipinski definition) is 1. The highest BCUT2D eigenvalue weighted by Gasteiger charge is 1.98. The van der Waals surface area contributed by atoms with Crippen molar-refractivity contribution >= 4 is 17.6 Å². The molecule has 1 aromatic carbocycles. The van der Waals surface area contributed by atoms with Gasteiger partial charge in [0, 0.05) is 13.5 Å². The van der Waals surface area contributed by atoms with Crippen molar-refractivity contribution in [2.24, 2.45) is 0 Å². The van der Waals surface area contributed by atoms with Crippen LogP contribution in [-0.4, -0.2) is 12.5 Å². The second-order valence-corrected chi connectivity index (χ2v) is 4.07. The quantitative estimate of drug-likeness (QED) is 0.846. The van der Waals surface area contributed by atoms with Gasteiger partial charge in [-0.2, -0.15) is 0 Å². The van der Waals surface area contributed by atoms with Gasteiger partial charge in [0.25, 0.3) is 0 Å². The van der Waals surface area contributed by atoms with Crippen molar-refractivity contribution in [3.8, 4) is 0 Å². The fraction of sp³-hybridized carbons (Fsp3) is 0.421. The lowest BCUT2D eigenvalue weighted by molar-refractivity contribution is -0.118. The molecule has 1 aromatic rings. The number of nitrogens with one attached hydrogen (secondary N) is 1. The first-order valence-corrected chi connectivity index (χ1v) is 7.70. The van der Waals surface area contributed by atoms with Crippen molar-refractivity contribution in [2.45, 2.75) is 47.5 Å². The Hall–Kier alpha value is -1.83. The fourth-order valence-corrected chi connectivity index (χ4v) is 1.86. The lowest BCUT2D eigenvalue weighted by atomic mass is 10.1. The smallest absolute Gasteiger partial charge is 0.217 e. The summed E-state index contributed by atoms with van der Waals surface area (Å²) in [6, 6.07) is 8.35. The second-order valence-electron chi connectivity index (χ2n) is 4.07. The van der Waals surface area contributed by atoms with Crippen molar-refractivity contribution in [2.75, 3.05) is 6.54 Å². The summed E-state index contributed by atoms with van der Waals surface area (Å²) in [5, 5.41) is 5.39. The van der Waals surface area contributed by atoms with Crippen molar-refractivity contribution < 1.29 is 4.79 Å². The maximum Gasteiger partial charge on any atom is 0.217 e. The summed E-state index contributed by atoms with van der Waals surface area (Å²) in [5.41, 5.74) is 1.28. The minimum Gasteiger partial charge on any atom is -0.353 e. The van der Waals surface area contributed by atoms with E-state index < -0.39 is 0 Å². The van der Waals surface area contributed by atoms with Gasteiger partial charge < -0.3 is 5.32 Å². The molecule has 118 valence electrons. The highest BCUT2D eigenvalue weighted by molar-refractivity contribution is 5.74. The molecule has 0 spiro atoms. The van der Waals surface area contributed by atoms with Crippen LogP contribution in [0.4, 0.5) is 0 Å². The van der Waals surface area contributed by atoms with E-state index in [0.717, 1.165) is 12.8 Å². The Kier molecular flexibility index (Phi) is 14.9. The first-order chi connectivity index (χ1) is 10.2. The van der Waals surface area contributed by atoms with E-state index in [2.05, 4.69) is 56.6 Å². The lowest BCUT2D eigenvalue weighted by Gasteiger charge is -2.06. The number of amides is 1. The molecule has 0 saturated heterocycles. The molecule has 0 radical (unpaired) electrons. The van der Waals surface area contributed by atoms with Gasteiger partial charge in [0.15, 0.2) is 0 Å². The van der Waals surface area contributed by atoms with Gasteiger partial charge in [-0.15, -0.1) is 13.2 Å². The van der Waals surface area contributed by atoms with Crippen molar-refractivity contribution in [3.05, 3.63) is 47.9 Å². The van der Waals surface area contributed by atoms with Gasteiger partial charge in [-0.25, -0.2) is 0 Å². The van der Waals surface area contributed by atoms with Crippen molar-refractivity contribution in [3.63, 3.8) is 0 Å². The Bertz CT molecular complexity index is 503. The summed E-state index contributed by atoms with van der Waals surface area (Å²) in [7, 11) is 0. The molecule has 0 aliphatic heterocycles. The van der Waals surface area contributed by atoms with Gasteiger partial charge in [-0.3, -0.25) is 4.79 Å². The van der Waals surface area contributed by atoms with E-state index in [0.29, 0.717) is 6.54 Å². The predicted octanol–water partition coefficient (Wildman–Crippen LogP) is 3.40. The molecule has 0 fully saturated rings. The van der Waals surface area contributed by atoms with Gasteiger partial charge in [0.05, 0.1) is 0 Å². The zero-order valence-electron chi connectivity index (χ0n) is 14.3. The third-order valence-corrected chi connectivity index (χ3v) is 2.74. The lowest BCUT2D eigenvalue weighted by Crippen LogP contribution is -2.31. The number of carbonyl (C=O) groups excluding carboxylic acids is 1. The zero-order chi connectivity index (χ0) is 16.7. The molecule has 2 heteroatoms. The molecule has 0 heterocycles. The SMILES string of the molecule is C=C.CC.CC/C=c1/cccc/c1=C(/CC)CNC(C)=O. The topological polar surface area (TPSA) is 29.1 Å². The van der Waals surface area contributed by atoms with Crippen LogP contribution in [0.2, 0.25) is 0 Å². The standard InChI is InChI=1S/C15H21NO.C2H6.C2H4/c1-4-8-14-9-6-7-10-15(14)13(5-2)11-16-12(3)17;2*1-2/h6-10H,4-5,11H2,1-3H3,(H,16,17);1-2H3;1-2H2/b14-8-,15-13+;;. The average molecular weight is 289 g/mol. The second kappa shape index (κ2) is 14.6. The predicted molar refractivity (Wildman–Crippen MR) is 95.4 cm³/mol. The summed E-state index contributed by atoms with van der Waals surface area (Å²) in [5.74, 6) is 0.0212. The largest absolute Gasteiger partial charge is 0.353 e. The number of carbonyl (C=O) groups is 1. The Morgan fingerprint density at radius 2 is 1.76 bits per heavy atom. The fourth-order valence-electron chi connectivity index (χ4n) is 1.86. The maximum atomic E-state index is 11.0. The third-order valence-electron chi connectivity index (χ3n) is 2.74. The Labute approximate surface area is 130 Å². The summed E-state index contributed by atoms with van der Waals surface area (Å²) >= 11 is 0.